The molecule has 0 aromatic carbocycles. The third kappa shape index (κ3) is 2.94. The Hall–Kier alpha value is -0.370. The van der Waals surface area contributed by atoms with Crippen LogP contribution in [0.1, 0.15) is 32.6 Å². The average Bonchev–Trinajstić information content (AvgIpc) is 2.15. The van der Waals surface area contributed by atoms with Crippen LogP contribution in [-0.4, -0.2) is 30.8 Å². The average molecular weight is 169 g/mol. The lowest BCUT2D eigenvalue weighted by molar-refractivity contribution is -0.108. The number of rotatable bonds is 4. The molecule has 0 unspecified atom stereocenters. The van der Waals surface area contributed by atoms with Crippen LogP contribution in [0.15, 0.2) is 0 Å². The molecule has 0 radical (unpaired) electrons. The number of hydrogen-bond acceptors (Lipinski definition) is 2. The number of carbonyl (C=O) groups excluding carboxylic acids is 1. The van der Waals surface area contributed by atoms with Crippen molar-refractivity contribution in [3.8, 4) is 0 Å². The number of carbonyl (C=O) groups is 1. The van der Waals surface area contributed by atoms with Crippen LogP contribution in [0, 0.1) is 5.92 Å². The summed E-state index contributed by atoms with van der Waals surface area (Å²) < 4.78 is 0. The summed E-state index contributed by atoms with van der Waals surface area (Å²) in [5.41, 5.74) is 0. The zero-order valence-electron chi connectivity index (χ0n) is 7.96. The normalized spacial score (nSPS) is 21.1. The van der Waals surface area contributed by atoms with Crippen LogP contribution in [0.3, 0.4) is 0 Å². The van der Waals surface area contributed by atoms with Gasteiger partial charge in [-0.05, 0) is 31.8 Å². The van der Waals surface area contributed by atoms with Gasteiger partial charge in [-0.15, -0.1) is 0 Å². The summed E-state index contributed by atoms with van der Waals surface area (Å²) in [7, 11) is 0. The molecule has 0 bridgehead atoms. The molecule has 12 heavy (non-hydrogen) atoms. The van der Waals surface area contributed by atoms with Crippen LogP contribution < -0.4 is 0 Å². The van der Waals surface area contributed by atoms with Gasteiger partial charge in [-0.2, -0.15) is 0 Å². The van der Waals surface area contributed by atoms with Crippen LogP contribution in [-0.2, 0) is 4.79 Å². The lowest BCUT2D eigenvalue weighted by atomic mass is 9.94. The zero-order chi connectivity index (χ0) is 8.81. The summed E-state index contributed by atoms with van der Waals surface area (Å²) >= 11 is 0. The molecule has 0 N–H and O–H groups in total. The van der Waals surface area contributed by atoms with Crippen LogP contribution in [0.5, 0.6) is 0 Å². The van der Waals surface area contributed by atoms with E-state index in [-0.39, 0.29) is 0 Å². The van der Waals surface area contributed by atoms with Crippen LogP contribution >= 0.6 is 0 Å². The molecule has 0 spiro atoms. The van der Waals surface area contributed by atoms with Crippen molar-refractivity contribution in [2.45, 2.75) is 32.6 Å². The summed E-state index contributed by atoms with van der Waals surface area (Å²) in [5, 5.41) is 0. The van der Waals surface area contributed by atoms with Gasteiger partial charge in [0.25, 0.3) is 0 Å². The first-order valence-corrected chi connectivity index (χ1v) is 5.02. The van der Waals surface area contributed by atoms with Crippen molar-refractivity contribution < 1.29 is 4.79 Å². The van der Waals surface area contributed by atoms with E-state index in [9.17, 15) is 4.79 Å². The minimum absolute atomic E-state index is 0.705. The van der Waals surface area contributed by atoms with Gasteiger partial charge >= 0.3 is 0 Å². The molecule has 2 nitrogen and oxygen atoms in total. The van der Waals surface area contributed by atoms with Crippen molar-refractivity contribution in [2.24, 2.45) is 5.92 Å². The summed E-state index contributed by atoms with van der Waals surface area (Å²) in [5.74, 6) is 0.942. The topological polar surface area (TPSA) is 20.3 Å². The Bertz CT molecular complexity index is 128. The van der Waals surface area contributed by atoms with Gasteiger partial charge in [0, 0.05) is 13.0 Å². The summed E-state index contributed by atoms with van der Waals surface area (Å²) in [6.45, 7) is 5.64. The largest absolute Gasteiger partial charge is 0.303 e. The van der Waals surface area contributed by atoms with Crippen LogP contribution in [0.4, 0.5) is 0 Å². The lowest BCUT2D eigenvalue weighted by Crippen LogP contribution is -2.34. The molecule has 1 saturated heterocycles. The standard InChI is InChI=1S/C10H19NO/c1-2-10-4-7-11(8-5-10)6-3-9-12/h9-10H,2-8H2,1H3. The minimum atomic E-state index is 0.705. The van der Waals surface area contributed by atoms with Crippen molar-refractivity contribution >= 4 is 6.29 Å². The van der Waals surface area contributed by atoms with Gasteiger partial charge in [-0.1, -0.05) is 13.3 Å². The number of hydrogen-bond donors (Lipinski definition) is 0. The van der Waals surface area contributed by atoms with Gasteiger partial charge in [0.05, 0.1) is 0 Å². The Kier molecular flexibility index (Phi) is 4.30. The fourth-order valence-corrected chi connectivity index (χ4v) is 1.85. The van der Waals surface area contributed by atoms with Crippen molar-refractivity contribution in [1.82, 2.24) is 4.90 Å². The molecule has 1 heterocycles. The van der Waals surface area contributed by atoms with Crippen molar-refractivity contribution in [1.29, 1.82) is 0 Å². The van der Waals surface area contributed by atoms with E-state index >= 15 is 0 Å². The van der Waals surface area contributed by atoms with Crippen LogP contribution in [0.25, 0.3) is 0 Å². The number of nitrogens with zero attached hydrogens (tertiary/aromatic N) is 1. The fourth-order valence-electron chi connectivity index (χ4n) is 1.85. The Labute approximate surface area is 74.9 Å². The molecule has 70 valence electrons. The summed E-state index contributed by atoms with van der Waals surface area (Å²) in [4.78, 5) is 12.5. The predicted molar refractivity (Wildman–Crippen MR) is 50.1 cm³/mol. The molecule has 1 fully saturated rings. The van der Waals surface area contributed by atoms with E-state index in [1.54, 1.807) is 0 Å². The molecule has 1 aliphatic heterocycles. The first kappa shape index (κ1) is 9.72. The molecule has 1 aliphatic rings. The molecule has 0 amide bonds. The highest BCUT2D eigenvalue weighted by Gasteiger charge is 2.16. The van der Waals surface area contributed by atoms with Gasteiger partial charge in [-0.3, -0.25) is 0 Å². The summed E-state index contributed by atoms with van der Waals surface area (Å²) in [6, 6.07) is 0. The first-order valence-electron chi connectivity index (χ1n) is 5.02. The second kappa shape index (κ2) is 5.31. The Balaban J connectivity index is 2.12. The van der Waals surface area contributed by atoms with Gasteiger partial charge in [0.1, 0.15) is 6.29 Å². The summed E-state index contributed by atoms with van der Waals surface area (Å²) in [6.07, 6.45) is 5.70. The molecule has 0 aromatic heterocycles. The van der Waals surface area contributed by atoms with E-state index in [2.05, 4.69) is 11.8 Å². The predicted octanol–water partition coefficient (Wildman–Crippen LogP) is 1.70. The van der Waals surface area contributed by atoms with Gasteiger partial charge in [0.15, 0.2) is 0 Å². The SMILES string of the molecule is CCC1CCN(CCC=O)CC1. The molecular formula is C10H19NO. The minimum Gasteiger partial charge on any atom is -0.303 e. The van der Waals surface area contributed by atoms with E-state index in [0.717, 1.165) is 18.7 Å². The zero-order valence-corrected chi connectivity index (χ0v) is 7.96. The highest BCUT2D eigenvalue weighted by molar-refractivity contribution is 5.49. The molecular weight excluding hydrogens is 150 g/mol. The van der Waals surface area contributed by atoms with E-state index in [4.69, 9.17) is 0 Å². The quantitative estimate of drug-likeness (QED) is 0.597. The number of aldehydes is 1. The molecule has 0 saturated carbocycles. The maximum Gasteiger partial charge on any atom is 0.121 e. The molecule has 1 rings (SSSR count). The molecule has 0 atom stereocenters. The second-order valence-electron chi connectivity index (χ2n) is 3.65. The Morgan fingerprint density at radius 3 is 2.58 bits per heavy atom. The highest BCUT2D eigenvalue weighted by atomic mass is 16.1. The van der Waals surface area contributed by atoms with E-state index in [1.807, 2.05) is 0 Å². The van der Waals surface area contributed by atoms with E-state index in [0.29, 0.717) is 6.42 Å². The second-order valence-corrected chi connectivity index (χ2v) is 3.65. The Morgan fingerprint density at radius 2 is 2.08 bits per heavy atom. The number of likely N-dealkylation sites (tertiary alicyclic amines) is 1. The maximum absolute atomic E-state index is 10.1. The van der Waals surface area contributed by atoms with Crippen molar-refractivity contribution in [3.63, 3.8) is 0 Å². The van der Waals surface area contributed by atoms with Crippen molar-refractivity contribution in [3.05, 3.63) is 0 Å². The molecule has 0 aromatic rings. The van der Waals surface area contributed by atoms with E-state index < -0.39 is 0 Å². The van der Waals surface area contributed by atoms with Gasteiger partial charge < -0.3 is 9.69 Å². The molecule has 2 heteroatoms. The monoisotopic (exact) mass is 169 g/mol. The van der Waals surface area contributed by atoms with E-state index in [1.165, 1.54) is 32.4 Å². The number of piperidine rings is 1. The Morgan fingerprint density at radius 1 is 1.42 bits per heavy atom. The maximum atomic E-state index is 10.1. The lowest BCUT2D eigenvalue weighted by Gasteiger charge is -2.30. The third-order valence-corrected chi connectivity index (χ3v) is 2.85. The smallest absolute Gasteiger partial charge is 0.121 e. The van der Waals surface area contributed by atoms with Crippen LogP contribution in [0.2, 0.25) is 0 Å². The van der Waals surface area contributed by atoms with Gasteiger partial charge in [0.2, 0.25) is 0 Å². The fraction of sp³-hybridized carbons (Fsp3) is 0.900. The third-order valence-electron chi connectivity index (χ3n) is 2.85. The first-order chi connectivity index (χ1) is 5.86. The molecule has 0 aliphatic carbocycles. The van der Waals surface area contributed by atoms with Crippen molar-refractivity contribution in [2.75, 3.05) is 19.6 Å². The van der Waals surface area contributed by atoms with Gasteiger partial charge in [-0.25, -0.2) is 0 Å². The highest BCUT2D eigenvalue weighted by Crippen LogP contribution is 2.19.